The first-order valence-corrected chi connectivity index (χ1v) is 5.79. The van der Waals surface area contributed by atoms with Crippen molar-refractivity contribution < 1.29 is 9.90 Å². The molecule has 0 aromatic heterocycles. The summed E-state index contributed by atoms with van der Waals surface area (Å²) in [5, 5.41) is 12.3. The van der Waals surface area contributed by atoms with Gasteiger partial charge in [-0.3, -0.25) is 4.79 Å². The summed E-state index contributed by atoms with van der Waals surface area (Å²) in [4.78, 5) is 10.4. The molecule has 0 spiro atoms. The van der Waals surface area contributed by atoms with Crippen molar-refractivity contribution in [3.63, 3.8) is 0 Å². The summed E-state index contributed by atoms with van der Waals surface area (Å²) in [5.41, 5.74) is 0. The molecule has 0 aromatic carbocycles. The number of carboxylic acid groups (broad SMARTS) is 1. The summed E-state index contributed by atoms with van der Waals surface area (Å²) in [6.45, 7) is 4.31. The topological polar surface area (TPSA) is 49.3 Å². The molecule has 0 radical (unpaired) electrons. The minimum atomic E-state index is -0.703. The van der Waals surface area contributed by atoms with Crippen LogP contribution in [0.2, 0.25) is 0 Å². The van der Waals surface area contributed by atoms with Crippen LogP contribution in [0.5, 0.6) is 0 Å². The lowest BCUT2D eigenvalue weighted by molar-refractivity contribution is -0.133. The highest BCUT2D eigenvalue weighted by Crippen LogP contribution is 2.25. The van der Waals surface area contributed by atoms with Crippen LogP contribution in [0.4, 0.5) is 0 Å². The Morgan fingerprint density at radius 2 is 2.23 bits per heavy atom. The Labute approximate surface area is 83.3 Å². The van der Waals surface area contributed by atoms with E-state index in [-0.39, 0.29) is 5.75 Å². The van der Waals surface area contributed by atoms with Gasteiger partial charge >= 0.3 is 5.97 Å². The van der Waals surface area contributed by atoms with Crippen molar-refractivity contribution in [2.24, 2.45) is 5.92 Å². The Hall–Kier alpha value is -0.220. The number of rotatable bonds is 4. The minimum Gasteiger partial charge on any atom is -0.481 e. The summed E-state index contributed by atoms with van der Waals surface area (Å²) >= 11 is 1.56. The molecule has 1 aliphatic rings. The predicted octanol–water partition coefficient (Wildman–Crippen LogP) is 1.19. The number of carbonyl (C=O) groups is 1. The lowest BCUT2D eigenvalue weighted by atomic mass is 9.95. The van der Waals surface area contributed by atoms with Gasteiger partial charge in [0.25, 0.3) is 0 Å². The second-order valence-corrected chi connectivity index (χ2v) is 4.86. The van der Waals surface area contributed by atoms with Gasteiger partial charge in [-0.25, -0.2) is 0 Å². The Morgan fingerprint density at radius 1 is 1.62 bits per heavy atom. The zero-order chi connectivity index (χ0) is 9.68. The number of piperidine rings is 1. The fourth-order valence-electron chi connectivity index (χ4n) is 1.65. The molecule has 1 heterocycles. The van der Waals surface area contributed by atoms with Crippen LogP contribution < -0.4 is 5.32 Å². The van der Waals surface area contributed by atoms with Crippen LogP contribution in [0.1, 0.15) is 19.8 Å². The third-order valence-corrected chi connectivity index (χ3v) is 3.84. The fourth-order valence-corrected chi connectivity index (χ4v) is 2.60. The van der Waals surface area contributed by atoms with Crippen molar-refractivity contribution in [3.8, 4) is 0 Å². The van der Waals surface area contributed by atoms with E-state index in [0.29, 0.717) is 11.2 Å². The second kappa shape index (κ2) is 5.50. The zero-order valence-electron chi connectivity index (χ0n) is 7.95. The van der Waals surface area contributed by atoms with Crippen molar-refractivity contribution in [2.75, 3.05) is 18.8 Å². The van der Waals surface area contributed by atoms with Gasteiger partial charge in [-0.05, 0) is 31.8 Å². The average molecular weight is 203 g/mol. The summed E-state index contributed by atoms with van der Waals surface area (Å²) in [6.07, 6.45) is 2.38. The smallest absolute Gasteiger partial charge is 0.313 e. The molecule has 1 saturated heterocycles. The van der Waals surface area contributed by atoms with Crippen molar-refractivity contribution in [1.29, 1.82) is 0 Å². The third kappa shape index (κ3) is 4.00. The first kappa shape index (κ1) is 10.9. The molecule has 1 rings (SSSR count). The number of hydrogen-bond donors (Lipinski definition) is 2. The minimum absolute atomic E-state index is 0.241. The van der Waals surface area contributed by atoms with Gasteiger partial charge in [0.15, 0.2) is 0 Å². The number of hydrogen-bond acceptors (Lipinski definition) is 3. The predicted molar refractivity (Wildman–Crippen MR) is 55.1 cm³/mol. The molecule has 2 N–H and O–H groups in total. The maximum Gasteiger partial charge on any atom is 0.313 e. The molecule has 1 atom stereocenters. The monoisotopic (exact) mass is 203 g/mol. The van der Waals surface area contributed by atoms with Crippen LogP contribution >= 0.6 is 11.8 Å². The summed E-state index contributed by atoms with van der Waals surface area (Å²) in [7, 11) is 0. The molecule has 1 unspecified atom stereocenters. The van der Waals surface area contributed by atoms with Crippen LogP contribution in [0.15, 0.2) is 0 Å². The summed E-state index contributed by atoms with van der Waals surface area (Å²) < 4.78 is 0. The quantitative estimate of drug-likeness (QED) is 0.720. The third-order valence-electron chi connectivity index (χ3n) is 2.52. The molecule has 0 amide bonds. The Morgan fingerprint density at radius 3 is 2.77 bits per heavy atom. The molecular weight excluding hydrogens is 186 g/mol. The van der Waals surface area contributed by atoms with E-state index in [1.807, 2.05) is 0 Å². The highest BCUT2D eigenvalue weighted by molar-refractivity contribution is 8.00. The van der Waals surface area contributed by atoms with Crippen LogP contribution in [0.3, 0.4) is 0 Å². The van der Waals surface area contributed by atoms with E-state index in [9.17, 15) is 4.79 Å². The van der Waals surface area contributed by atoms with Crippen LogP contribution in [0, 0.1) is 5.92 Å². The first-order chi connectivity index (χ1) is 6.20. The molecular formula is C9H17NO2S. The molecule has 0 bridgehead atoms. The maximum absolute atomic E-state index is 10.4. The Bertz CT molecular complexity index is 169. The number of carboxylic acids is 1. The number of aliphatic carboxylic acids is 1. The van der Waals surface area contributed by atoms with Gasteiger partial charge in [0, 0.05) is 5.25 Å². The van der Waals surface area contributed by atoms with Crippen molar-refractivity contribution >= 4 is 17.7 Å². The zero-order valence-corrected chi connectivity index (χ0v) is 8.77. The van der Waals surface area contributed by atoms with E-state index in [4.69, 9.17) is 5.11 Å². The van der Waals surface area contributed by atoms with E-state index in [0.717, 1.165) is 13.1 Å². The van der Waals surface area contributed by atoms with Gasteiger partial charge < -0.3 is 10.4 Å². The van der Waals surface area contributed by atoms with Gasteiger partial charge in [-0.1, -0.05) is 6.92 Å². The Balaban J connectivity index is 2.20. The summed E-state index contributed by atoms with van der Waals surface area (Å²) in [5.74, 6) is 0.238. The molecule has 0 aliphatic carbocycles. The second-order valence-electron chi connectivity index (χ2n) is 3.50. The van der Waals surface area contributed by atoms with E-state index >= 15 is 0 Å². The molecule has 76 valence electrons. The maximum atomic E-state index is 10.4. The highest BCUT2D eigenvalue weighted by Gasteiger charge is 2.20. The van der Waals surface area contributed by atoms with Crippen LogP contribution in [-0.4, -0.2) is 35.2 Å². The summed E-state index contributed by atoms with van der Waals surface area (Å²) in [6, 6.07) is 0. The van der Waals surface area contributed by atoms with Gasteiger partial charge in [-0.15, -0.1) is 11.8 Å². The van der Waals surface area contributed by atoms with Gasteiger partial charge in [0.1, 0.15) is 0 Å². The van der Waals surface area contributed by atoms with Crippen molar-refractivity contribution in [2.45, 2.75) is 25.0 Å². The standard InChI is InChI=1S/C9H17NO2S/c1-7(13-6-9(11)12)8-2-4-10-5-3-8/h7-8,10H,2-6H2,1H3,(H,11,12). The largest absolute Gasteiger partial charge is 0.481 e. The molecule has 3 nitrogen and oxygen atoms in total. The first-order valence-electron chi connectivity index (χ1n) is 4.74. The van der Waals surface area contributed by atoms with Crippen LogP contribution in [-0.2, 0) is 4.79 Å². The van der Waals surface area contributed by atoms with E-state index in [1.54, 1.807) is 11.8 Å². The lowest BCUT2D eigenvalue weighted by Crippen LogP contribution is -2.32. The molecule has 13 heavy (non-hydrogen) atoms. The van der Waals surface area contributed by atoms with E-state index in [2.05, 4.69) is 12.2 Å². The number of nitrogens with one attached hydrogen (secondary N) is 1. The van der Waals surface area contributed by atoms with E-state index in [1.165, 1.54) is 12.8 Å². The van der Waals surface area contributed by atoms with Crippen LogP contribution in [0.25, 0.3) is 0 Å². The number of thioether (sulfide) groups is 1. The molecule has 4 heteroatoms. The fraction of sp³-hybridized carbons (Fsp3) is 0.889. The highest BCUT2D eigenvalue weighted by atomic mass is 32.2. The van der Waals surface area contributed by atoms with E-state index < -0.39 is 5.97 Å². The average Bonchev–Trinajstić information content (AvgIpc) is 2.15. The van der Waals surface area contributed by atoms with Gasteiger partial charge in [0.05, 0.1) is 5.75 Å². The van der Waals surface area contributed by atoms with Crippen molar-refractivity contribution in [1.82, 2.24) is 5.32 Å². The normalized spacial score (nSPS) is 21.3. The van der Waals surface area contributed by atoms with Gasteiger partial charge in [0.2, 0.25) is 0 Å². The lowest BCUT2D eigenvalue weighted by Gasteiger charge is -2.27. The van der Waals surface area contributed by atoms with Crippen molar-refractivity contribution in [3.05, 3.63) is 0 Å². The molecule has 0 aromatic rings. The van der Waals surface area contributed by atoms with Gasteiger partial charge in [-0.2, -0.15) is 0 Å². The SMILES string of the molecule is CC(SCC(=O)O)C1CCNCC1. The molecule has 0 saturated carbocycles. The molecule has 1 aliphatic heterocycles. The Kier molecular flexibility index (Phi) is 4.59. The molecule has 1 fully saturated rings.